The summed E-state index contributed by atoms with van der Waals surface area (Å²) in [6.45, 7) is -0.677. The zero-order chi connectivity index (χ0) is 27.8. The summed E-state index contributed by atoms with van der Waals surface area (Å²) in [5, 5.41) is 21.1. The van der Waals surface area contributed by atoms with E-state index in [0.29, 0.717) is 10.9 Å². The molecule has 0 aliphatic carbocycles. The molecule has 5 rings (SSSR count). The fourth-order valence-corrected chi connectivity index (χ4v) is 4.12. The minimum atomic E-state index is -1.66. The minimum Gasteiger partial charge on any atom is -0.394 e. The van der Waals surface area contributed by atoms with Crippen molar-refractivity contribution in [3.05, 3.63) is 91.6 Å². The number of aryl methyl sites for hydroxylation is 1. The number of benzene rings is 2. The van der Waals surface area contributed by atoms with Gasteiger partial charge in [0.05, 0.1) is 42.5 Å². The highest BCUT2D eigenvalue weighted by molar-refractivity contribution is 6.34. The van der Waals surface area contributed by atoms with Crippen molar-refractivity contribution >= 4 is 34.1 Å². The highest BCUT2D eigenvalue weighted by Crippen LogP contribution is 2.29. The van der Waals surface area contributed by atoms with E-state index in [1.165, 1.54) is 21.8 Å². The Kier molecular flexibility index (Phi) is 6.93. The fraction of sp³-hybridized carbons (Fsp3) is 0.217. The minimum absolute atomic E-state index is 0.105. The normalized spacial score (nSPS) is 11.4. The van der Waals surface area contributed by atoms with Crippen LogP contribution in [0.3, 0.4) is 0 Å². The van der Waals surface area contributed by atoms with Crippen LogP contribution in [0.15, 0.2) is 46.4 Å². The van der Waals surface area contributed by atoms with Crippen molar-refractivity contribution in [1.29, 1.82) is 0 Å². The molecule has 0 aliphatic rings. The first-order chi connectivity index (χ1) is 18.6. The van der Waals surface area contributed by atoms with Gasteiger partial charge in [0.1, 0.15) is 6.33 Å². The summed E-state index contributed by atoms with van der Waals surface area (Å²) < 4.78 is 46.0. The highest BCUT2D eigenvalue weighted by Gasteiger charge is 2.19. The molecule has 0 atom stereocenters. The lowest BCUT2D eigenvalue weighted by Gasteiger charge is -2.16. The lowest BCUT2D eigenvalue weighted by Crippen LogP contribution is -2.43. The van der Waals surface area contributed by atoms with Gasteiger partial charge >= 0.3 is 11.4 Å². The van der Waals surface area contributed by atoms with Crippen LogP contribution < -0.4 is 16.7 Å². The van der Waals surface area contributed by atoms with Gasteiger partial charge in [-0.05, 0) is 29.8 Å². The van der Waals surface area contributed by atoms with Crippen LogP contribution in [0.5, 0.6) is 0 Å². The molecule has 0 aliphatic heterocycles. The van der Waals surface area contributed by atoms with Crippen LogP contribution in [0.25, 0.3) is 10.9 Å². The molecule has 2 N–H and O–H groups in total. The third kappa shape index (κ3) is 5.26. The van der Waals surface area contributed by atoms with Gasteiger partial charge in [0.2, 0.25) is 5.95 Å². The molecule has 0 saturated heterocycles. The second-order valence-electron chi connectivity index (χ2n) is 8.51. The number of halogens is 4. The van der Waals surface area contributed by atoms with E-state index in [1.807, 2.05) is 0 Å². The van der Waals surface area contributed by atoms with Crippen LogP contribution in [0.2, 0.25) is 5.02 Å². The van der Waals surface area contributed by atoms with Crippen LogP contribution >= 0.6 is 11.6 Å². The van der Waals surface area contributed by atoms with Gasteiger partial charge in [0.25, 0.3) is 0 Å². The van der Waals surface area contributed by atoms with Gasteiger partial charge in [-0.2, -0.15) is 15.2 Å². The third-order valence-electron chi connectivity index (χ3n) is 5.70. The first kappa shape index (κ1) is 26.1. The lowest BCUT2D eigenvalue weighted by molar-refractivity contribution is 0.270. The Labute approximate surface area is 221 Å². The van der Waals surface area contributed by atoms with E-state index >= 15 is 0 Å². The fourth-order valence-electron chi connectivity index (χ4n) is 3.91. The number of aliphatic hydroxyl groups is 1. The maximum absolute atomic E-state index is 13.9. The smallest absolute Gasteiger partial charge is 0.355 e. The van der Waals surface area contributed by atoms with E-state index in [4.69, 9.17) is 11.6 Å². The second-order valence-corrected chi connectivity index (χ2v) is 8.92. The van der Waals surface area contributed by atoms with Gasteiger partial charge in [-0.1, -0.05) is 11.6 Å². The molecule has 0 spiro atoms. The molecule has 0 radical (unpaired) electrons. The Morgan fingerprint density at radius 1 is 1.03 bits per heavy atom. The zero-order valence-electron chi connectivity index (χ0n) is 20.1. The topological polar surface area (TPSA) is 138 Å². The third-order valence-corrected chi connectivity index (χ3v) is 6.01. The van der Waals surface area contributed by atoms with Crippen molar-refractivity contribution in [2.75, 3.05) is 11.9 Å². The summed E-state index contributed by atoms with van der Waals surface area (Å²) in [4.78, 5) is 34.3. The van der Waals surface area contributed by atoms with Crippen LogP contribution in [-0.4, -0.2) is 50.4 Å². The van der Waals surface area contributed by atoms with Gasteiger partial charge in [-0.3, -0.25) is 13.9 Å². The van der Waals surface area contributed by atoms with E-state index in [-0.39, 0.29) is 47.7 Å². The van der Waals surface area contributed by atoms with Crippen LogP contribution in [-0.2, 0) is 26.7 Å². The first-order valence-electron chi connectivity index (χ1n) is 11.4. The number of fused-ring (bicyclic) bond motifs is 1. The Morgan fingerprint density at radius 3 is 2.44 bits per heavy atom. The van der Waals surface area contributed by atoms with Crippen LogP contribution in [0, 0.1) is 17.5 Å². The molecule has 3 heterocycles. The van der Waals surface area contributed by atoms with Gasteiger partial charge in [-0.15, -0.1) is 0 Å². The summed E-state index contributed by atoms with van der Waals surface area (Å²) in [7, 11) is 1.61. The molecule has 0 unspecified atom stereocenters. The van der Waals surface area contributed by atoms with Gasteiger partial charge in [0.15, 0.2) is 23.3 Å². The average molecular weight is 562 g/mol. The lowest BCUT2D eigenvalue weighted by atomic mass is 10.2. The molecule has 2 aromatic carbocycles. The molecule has 202 valence electrons. The van der Waals surface area contributed by atoms with Gasteiger partial charge in [-0.25, -0.2) is 32.3 Å². The van der Waals surface area contributed by atoms with Crippen molar-refractivity contribution in [3.8, 4) is 0 Å². The summed E-state index contributed by atoms with van der Waals surface area (Å²) in [5.41, 5.74) is -1.18. The van der Waals surface area contributed by atoms with Gasteiger partial charge < -0.3 is 10.4 Å². The Hall–Kier alpha value is -4.50. The predicted octanol–water partition coefficient (Wildman–Crippen LogP) is 1.79. The molecule has 3 aromatic heterocycles. The number of rotatable bonds is 8. The monoisotopic (exact) mass is 561 g/mol. The van der Waals surface area contributed by atoms with E-state index < -0.39 is 35.4 Å². The number of nitrogens with zero attached hydrogens (tertiary/aromatic N) is 8. The quantitative estimate of drug-likeness (QED) is 0.274. The van der Waals surface area contributed by atoms with Crippen LogP contribution in [0.4, 0.5) is 24.8 Å². The SMILES string of the molecule is Cn1cnc(Cn2c(=O)nc(Nc3cc4cn(CCO)nc4cc3Cl)n(Cc3cc(F)c(F)c(F)c3)c2=O)n1. The summed E-state index contributed by atoms with van der Waals surface area (Å²) in [6, 6.07) is 4.60. The number of aromatic nitrogens is 8. The first-order valence-corrected chi connectivity index (χ1v) is 11.7. The van der Waals surface area contributed by atoms with Crippen molar-refractivity contribution in [1.82, 2.24) is 38.7 Å². The van der Waals surface area contributed by atoms with Crippen molar-refractivity contribution in [3.63, 3.8) is 0 Å². The Bertz CT molecular complexity index is 1810. The molecule has 0 amide bonds. The summed E-state index contributed by atoms with van der Waals surface area (Å²) in [5.74, 6) is -4.68. The van der Waals surface area contributed by atoms with E-state index in [1.54, 1.807) is 19.3 Å². The molecule has 5 aromatic rings. The van der Waals surface area contributed by atoms with Crippen molar-refractivity contribution in [2.24, 2.45) is 7.05 Å². The molecule has 0 bridgehead atoms. The number of nitrogens with one attached hydrogen (secondary N) is 1. The predicted molar refractivity (Wildman–Crippen MR) is 133 cm³/mol. The van der Waals surface area contributed by atoms with E-state index in [9.17, 15) is 27.9 Å². The highest BCUT2D eigenvalue weighted by atomic mass is 35.5. The number of hydrogen-bond acceptors (Lipinski definition) is 8. The molecule has 16 heteroatoms. The van der Waals surface area contributed by atoms with Crippen molar-refractivity contribution in [2.45, 2.75) is 19.6 Å². The summed E-state index contributed by atoms with van der Waals surface area (Å²) >= 11 is 6.41. The van der Waals surface area contributed by atoms with E-state index in [0.717, 1.165) is 21.3 Å². The van der Waals surface area contributed by atoms with Crippen molar-refractivity contribution < 1.29 is 18.3 Å². The Balaban J connectivity index is 1.61. The summed E-state index contributed by atoms with van der Waals surface area (Å²) in [6.07, 6.45) is 3.04. The van der Waals surface area contributed by atoms with Crippen LogP contribution in [0.1, 0.15) is 11.4 Å². The molecule has 0 saturated carbocycles. The number of anilines is 2. The zero-order valence-corrected chi connectivity index (χ0v) is 20.9. The standard InChI is InChI=1S/C23H19ClF3N9O3/c1-33-11-28-19(32-33)10-36-22(38)30-21(35(23(36)39)8-12-4-15(25)20(27)16(26)5-12)29-18-6-13-9-34(2-3-37)31-17(13)7-14(18)24/h4-7,9,11,37H,2-3,8,10H2,1H3,(H,29,30,38). The molecule has 12 nitrogen and oxygen atoms in total. The Morgan fingerprint density at radius 2 is 1.77 bits per heavy atom. The second kappa shape index (κ2) is 10.3. The van der Waals surface area contributed by atoms with E-state index in [2.05, 4.69) is 25.5 Å². The number of aliphatic hydroxyl groups excluding tert-OH is 1. The molecule has 39 heavy (non-hydrogen) atoms. The maximum atomic E-state index is 13.9. The molecular weight excluding hydrogens is 543 g/mol. The molecule has 0 fully saturated rings. The largest absolute Gasteiger partial charge is 0.394 e. The molecular formula is C23H19ClF3N9O3. The van der Waals surface area contributed by atoms with Gasteiger partial charge in [0, 0.05) is 18.6 Å². The number of hydrogen-bond donors (Lipinski definition) is 2. The maximum Gasteiger partial charge on any atom is 0.355 e. The average Bonchev–Trinajstić information content (AvgIpc) is 3.47.